The van der Waals surface area contributed by atoms with Crippen LogP contribution in [-0.2, 0) is 6.54 Å². The molecular weight excluding hydrogens is 228 g/mol. The summed E-state index contributed by atoms with van der Waals surface area (Å²) < 4.78 is 1.94. The number of aliphatic hydroxyl groups excluding tert-OH is 1. The number of hydrogen-bond donors (Lipinski definition) is 1. The molecule has 1 aliphatic rings. The van der Waals surface area contributed by atoms with Crippen LogP contribution in [0.25, 0.3) is 5.78 Å². The standard InChI is InChI=1S/C13H18N4O/c1-10(18)11-3-6-16(7-11)8-12-9-17-5-2-4-14-13(17)15-12/h2,4-5,9-11,18H,3,6-8H2,1H3. The maximum atomic E-state index is 9.59. The van der Waals surface area contributed by atoms with Crippen LogP contribution in [0.5, 0.6) is 0 Å². The molecule has 0 amide bonds. The molecule has 0 aliphatic carbocycles. The third-order valence-corrected chi connectivity index (χ3v) is 3.66. The fraction of sp³-hybridized carbons (Fsp3) is 0.538. The number of fused-ring (bicyclic) bond motifs is 1. The Bertz CT molecular complexity index is 504. The van der Waals surface area contributed by atoms with Crippen LogP contribution < -0.4 is 0 Å². The van der Waals surface area contributed by atoms with E-state index in [1.165, 1.54) is 0 Å². The highest BCUT2D eigenvalue weighted by molar-refractivity contribution is 5.29. The van der Waals surface area contributed by atoms with Crippen LogP contribution in [0, 0.1) is 5.92 Å². The van der Waals surface area contributed by atoms with Crippen LogP contribution in [0.1, 0.15) is 19.0 Å². The van der Waals surface area contributed by atoms with Gasteiger partial charge in [-0.05, 0) is 31.9 Å². The van der Waals surface area contributed by atoms with Crippen LogP contribution in [0.3, 0.4) is 0 Å². The zero-order valence-electron chi connectivity index (χ0n) is 10.5. The highest BCUT2D eigenvalue weighted by Crippen LogP contribution is 2.21. The zero-order chi connectivity index (χ0) is 12.5. The summed E-state index contributed by atoms with van der Waals surface area (Å²) in [5.74, 6) is 1.15. The van der Waals surface area contributed by atoms with Crippen LogP contribution in [0.4, 0.5) is 0 Å². The summed E-state index contributed by atoms with van der Waals surface area (Å²) in [4.78, 5) is 11.1. The molecule has 0 aromatic carbocycles. The van der Waals surface area contributed by atoms with Gasteiger partial charge in [0.15, 0.2) is 0 Å². The van der Waals surface area contributed by atoms with Crippen LogP contribution in [-0.4, -0.2) is 43.6 Å². The predicted octanol–water partition coefficient (Wildman–Crippen LogP) is 0.932. The van der Waals surface area contributed by atoms with E-state index >= 15 is 0 Å². The molecule has 2 aromatic rings. The van der Waals surface area contributed by atoms with E-state index in [2.05, 4.69) is 14.9 Å². The number of hydrogen-bond acceptors (Lipinski definition) is 4. The molecule has 0 spiro atoms. The Morgan fingerprint density at radius 3 is 3.17 bits per heavy atom. The zero-order valence-corrected chi connectivity index (χ0v) is 10.5. The van der Waals surface area contributed by atoms with E-state index in [9.17, 15) is 5.11 Å². The predicted molar refractivity (Wildman–Crippen MR) is 68.1 cm³/mol. The Labute approximate surface area is 106 Å². The molecule has 96 valence electrons. The summed E-state index contributed by atoms with van der Waals surface area (Å²) in [6.45, 7) is 4.71. The van der Waals surface area contributed by atoms with Crippen molar-refractivity contribution in [3.63, 3.8) is 0 Å². The third-order valence-electron chi connectivity index (χ3n) is 3.66. The fourth-order valence-corrected chi connectivity index (χ4v) is 2.58. The van der Waals surface area contributed by atoms with Gasteiger partial charge < -0.3 is 5.11 Å². The van der Waals surface area contributed by atoms with Gasteiger partial charge in [-0.2, -0.15) is 0 Å². The van der Waals surface area contributed by atoms with Crippen molar-refractivity contribution >= 4 is 5.78 Å². The average Bonchev–Trinajstić information content (AvgIpc) is 2.94. The summed E-state index contributed by atoms with van der Waals surface area (Å²) in [6, 6.07) is 1.90. The minimum Gasteiger partial charge on any atom is -0.393 e. The lowest BCUT2D eigenvalue weighted by molar-refractivity contribution is 0.127. The second-order valence-corrected chi connectivity index (χ2v) is 5.08. The fourth-order valence-electron chi connectivity index (χ4n) is 2.58. The van der Waals surface area contributed by atoms with E-state index in [-0.39, 0.29) is 6.10 Å². The minimum absolute atomic E-state index is 0.210. The van der Waals surface area contributed by atoms with Gasteiger partial charge >= 0.3 is 0 Å². The van der Waals surface area contributed by atoms with Crippen molar-refractivity contribution in [1.82, 2.24) is 19.3 Å². The lowest BCUT2D eigenvalue weighted by Crippen LogP contribution is -2.24. The van der Waals surface area contributed by atoms with Gasteiger partial charge in [-0.25, -0.2) is 9.97 Å². The Balaban J connectivity index is 1.70. The second-order valence-electron chi connectivity index (χ2n) is 5.08. The summed E-state index contributed by atoms with van der Waals surface area (Å²) in [5, 5.41) is 9.59. The van der Waals surface area contributed by atoms with Gasteiger partial charge in [0.05, 0.1) is 11.8 Å². The third kappa shape index (κ3) is 2.23. The number of rotatable bonds is 3. The van der Waals surface area contributed by atoms with Gasteiger partial charge in [-0.15, -0.1) is 0 Å². The van der Waals surface area contributed by atoms with E-state index in [1.54, 1.807) is 6.20 Å². The summed E-state index contributed by atoms with van der Waals surface area (Å²) >= 11 is 0. The molecule has 2 aromatic heterocycles. The molecule has 2 unspecified atom stereocenters. The largest absolute Gasteiger partial charge is 0.393 e. The van der Waals surface area contributed by atoms with Crippen molar-refractivity contribution in [3.05, 3.63) is 30.4 Å². The smallest absolute Gasteiger partial charge is 0.233 e. The van der Waals surface area contributed by atoms with Crippen LogP contribution in [0.15, 0.2) is 24.7 Å². The molecule has 1 aliphatic heterocycles. The van der Waals surface area contributed by atoms with Gasteiger partial charge in [-0.1, -0.05) is 0 Å². The molecule has 0 radical (unpaired) electrons. The van der Waals surface area contributed by atoms with Crippen molar-refractivity contribution in [2.24, 2.45) is 5.92 Å². The Kier molecular flexibility index (Phi) is 3.01. The number of aromatic nitrogens is 3. The molecule has 5 heteroatoms. The second kappa shape index (κ2) is 4.66. The lowest BCUT2D eigenvalue weighted by Gasteiger charge is -2.15. The number of aliphatic hydroxyl groups is 1. The monoisotopic (exact) mass is 246 g/mol. The topological polar surface area (TPSA) is 53.7 Å². The Hall–Kier alpha value is -1.46. The first kappa shape index (κ1) is 11.6. The van der Waals surface area contributed by atoms with Gasteiger partial charge in [-0.3, -0.25) is 9.30 Å². The number of nitrogens with zero attached hydrogens (tertiary/aromatic N) is 4. The van der Waals surface area contributed by atoms with E-state index in [4.69, 9.17) is 0 Å². The van der Waals surface area contributed by atoms with Crippen molar-refractivity contribution in [1.29, 1.82) is 0 Å². The molecular formula is C13H18N4O. The van der Waals surface area contributed by atoms with Crippen LogP contribution in [0.2, 0.25) is 0 Å². The average molecular weight is 246 g/mol. The minimum atomic E-state index is -0.210. The van der Waals surface area contributed by atoms with E-state index in [0.717, 1.165) is 37.5 Å². The maximum absolute atomic E-state index is 9.59. The molecule has 1 fully saturated rings. The molecule has 18 heavy (non-hydrogen) atoms. The van der Waals surface area contributed by atoms with Crippen molar-refractivity contribution in [3.8, 4) is 0 Å². The molecule has 1 N–H and O–H groups in total. The molecule has 3 rings (SSSR count). The molecule has 2 atom stereocenters. The quantitative estimate of drug-likeness (QED) is 0.875. The first-order valence-electron chi connectivity index (χ1n) is 6.41. The summed E-state index contributed by atoms with van der Waals surface area (Å²) in [5.41, 5.74) is 1.04. The number of likely N-dealkylation sites (tertiary alicyclic amines) is 1. The molecule has 0 bridgehead atoms. The Morgan fingerprint density at radius 2 is 2.44 bits per heavy atom. The van der Waals surface area contributed by atoms with Gasteiger partial charge in [0.1, 0.15) is 0 Å². The van der Waals surface area contributed by atoms with E-state index in [1.807, 2.05) is 29.8 Å². The van der Waals surface area contributed by atoms with Crippen molar-refractivity contribution < 1.29 is 5.11 Å². The lowest BCUT2D eigenvalue weighted by atomic mass is 10.0. The number of imidazole rings is 1. The molecule has 0 saturated carbocycles. The summed E-state index contributed by atoms with van der Waals surface area (Å²) in [6.07, 6.45) is 6.60. The van der Waals surface area contributed by atoms with Crippen molar-refractivity contribution in [2.75, 3.05) is 13.1 Å². The molecule has 3 heterocycles. The van der Waals surface area contributed by atoms with E-state index < -0.39 is 0 Å². The molecule has 1 saturated heterocycles. The maximum Gasteiger partial charge on any atom is 0.233 e. The highest BCUT2D eigenvalue weighted by Gasteiger charge is 2.26. The van der Waals surface area contributed by atoms with E-state index in [0.29, 0.717) is 5.92 Å². The van der Waals surface area contributed by atoms with Crippen molar-refractivity contribution in [2.45, 2.75) is 26.0 Å². The van der Waals surface area contributed by atoms with Crippen LogP contribution >= 0.6 is 0 Å². The van der Waals surface area contributed by atoms with Gasteiger partial charge in [0.25, 0.3) is 0 Å². The first-order chi connectivity index (χ1) is 8.72. The highest BCUT2D eigenvalue weighted by atomic mass is 16.3. The Morgan fingerprint density at radius 1 is 1.56 bits per heavy atom. The summed E-state index contributed by atoms with van der Waals surface area (Å²) in [7, 11) is 0. The first-order valence-corrected chi connectivity index (χ1v) is 6.41. The van der Waals surface area contributed by atoms with Gasteiger partial charge in [0.2, 0.25) is 5.78 Å². The SMILES string of the molecule is CC(O)C1CCN(Cc2cn3cccnc3n2)C1. The molecule has 5 nitrogen and oxygen atoms in total. The van der Waals surface area contributed by atoms with Gasteiger partial charge in [0, 0.05) is 31.7 Å². The normalized spacial score (nSPS) is 22.7.